The summed E-state index contributed by atoms with van der Waals surface area (Å²) in [5, 5.41) is 16.0. The molecule has 0 bridgehead atoms. The number of fused-ring (bicyclic) bond motifs is 1. The van der Waals surface area contributed by atoms with Crippen LogP contribution in [0, 0.1) is 0 Å². The molecule has 1 fully saturated rings. The van der Waals surface area contributed by atoms with E-state index in [9.17, 15) is 0 Å². The van der Waals surface area contributed by atoms with Gasteiger partial charge in [-0.3, -0.25) is 0 Å². The fourth-order valence-electron chi connectivity index (χ4n) is 3.61. The maximum absolute atomic E-state index is 4.37. The highest BCUT2D eigenvalue weighted by molar-refractivity contribution is 5.04. The summed E-state index contributed by atoms with van der Waals surface area (Å²) < 4.78 is 2.29. The van der Waals surface area contributed by atoms with Gasteiger partial charge in [0.05, 0.1) is 6.04 Å². The molecule has 20 heavy (non-hydrogen) atoms. The van der Waals surface area contributed by atoms with Gasteiger partial charge >= 0.3 is 0 Å². The first-order valence-corrected chi connectivity index (χ1v) is 8.15. The van der Waals surface area contributed by atoms with Gasteiger partial charge in [0.1, 0.15) is 11.6 Å². The van der Waals surface area contributed by atoms with Crippen molar-refractivity contribution < 1.29 is 0 Å². The first kappa shape index (κ1) is 14.0. The molecular weight excluding hydrogens is 250 g/mol. The Labute approximate surface area is 121 Å². The summed E-state index contributed by atoms with van der Waals surface area (Å²) in [6, 6.07) is 1.48. The van der Waals surface area contributed by atoms with Crippen molar-refractivity contribution in [2.24, 2.45) is 0 Å². The maximum atomic E-state index is 4.37. The van der Waals surface area contributed by atoms with Crippen LogP contribution < -0.4 is 10.6 Å². The van der Waals surface area contributed by atoms with E-state index >= 15 is 0 Å². The molecule has 1 aromatic rings. The van der Waals surface area contributed by atoms with Gasteiger partial charge in [-0.05, 0) is 46.1 Å². The van der Waals surface area contributed by atoms with E-state index in [0.29, 0.717) is 12.1 Å². The van der Waals surface area contributed by atoms with Gasteiger partial charge in [0.15, 0.2) is 0 Å². The molecule has 0 saturated carbocycles. The van der Waals surface area contributed by atoms with Crippen LogP contribution in [0.1, 0.15) is 63.6 Å². The average molecular weight is 277 g/mol. The maximum Gasteiger partial charge on any atom is 0.149 e. The van der Waals surface area contributed by atoms with E-state index in [4.69, 9.17) is 0 Å². The molecule has 0 aliphatic carbocycles. The molecule has 3 atom stereocenters. The van der Waals surface area contributed by atoms with E-state index in [-0.39, 0.29) is 6.04 Å². The van der Waals surface area contributed by atoms with Crippen molar-refractivity contribution in [1.82, 2.24) is 25.4 Å². The lowest BCUT2D eigenvalue weighted by Crippen LogP contribution is -2.40. The molecule has 2 aliphatic rings. The van der Waals surface area contributed by atoms with Crippen LogP contribution in [-0.2, 0) is 13.0 Å². The van der Waals surface area contributed by atoms with E-state index in [1.54, 1.807) is 0 Å². The quantitative estimate of drug-likeness (QED) is 0.861. The minimum Gasteiger partial charge on any atom is -0.314 e. The zero-order valence-electron chi connectivity index (χ0n) is 12.7. The Kier molecular flexibility index (Phi) is 4.36. The molecule has 0 aromatic carbocycles. The summed E-state index contributed by atoms with van der Waals surface area (Å²) in [6.45, 7) is 6.77. The van der Waals surface area contributed by atoms with E-state index in [1.807, 2.05) is 0 Å². The molecule has 1 saturated heterocycles. The fourth-order valence-corrected chi connectivity index (χ4v) is 3.61. The summed E-state index contributed by atoms with van der Waals surface area (Å²) >= 11 is 0. The molecule has 0 radical (unpaired) electrons. The second-order valence-corrected chi connectivity index (χ2v) is 6.40. The van der Waals surface area contributed by atoms with Crippen LogP contribution in [0.3, 0.4) is 0 Å². The van der Waals surface area contributed by atoms with Crippen molar-refractivity contribution in [3.63, 3.8) is 0 Å². The first-order chi connectivity index (χ1) is 9.74. The molecule has 1 aromatic heterocycles. The number of hydrogen-bond donors (Lipinski definition) is 2. The van der Waals surface area contributed by atoms with Gasteiger partial charge in [-0.2, -0.15) is 0 Å². The molecule has 3 unspecified atom stereocenters. The monoisotopic (exact) mass is 277 g/mol. The number of nitrogens with one attached hydrogen (secondary N) is 2. The van der Waals surface area contributed by atoms with E-state index < -0.39 is 0 Å². The standard InChI is InChI=1S/C15H27N5/c1-11(10-13-6-3-4-8-16-13)17-12(2)15-19-18-14-7-5-9-20(14)15/h11-13,16-17H,3-10H2,1-2H3. The third kappa shape index (κ3) is 3.04. The number of nitrogens with zero attached hydrogens (tertiary/aromatic N) is 3. The Hall–Kier alpha value is -0.940. The van der Waals surface area contributed by atoms with Crippen molar-refractivity contribution in [3.05, 3.63) is 11.6 Å². The first-order valence-electron chi connectivity index (χ1n) is 8.15. The molecule has 5 heteroatoms. The molecule has 112 valence electrons. The smallest absolute Gasteiger partial charge is 0.149 e. The van der Waals surface area contributed by atoms with Crippen LogP contribution in [0.5, 0.6) is 0 Å². The largest absolute Gasteiger partial charge is 0.314 e. The van der Waals surface area contributed by atoms with Crippen molar-refractivity contribution in [2.45, 2.75) is 77.0 Å². The van der Waals surface area contributed by atoms with Crippen LogP contribution in [-0.4, -0.2) is 33.4 Å². The van der Waals surface area contributed by atoms with E-state index in [0.717, 1.165) is 24.6 Å². The molecular formula is C15H27N5. The van der Waals surface area contributed by atoms with Gasteiger partial charge in [0.25, 0.3) is 0 Å². The minimum atomic E-state index is 0.285. The summed E-state index contributed by atoms with van der Waals surface area (Å²) in [5.74, 6) is 2.27. The number of hydrogen-bond acceptors (Lipinski definition) is 4. The lowest BCUT2D eigenvalue weighted by Gasteiger charge is -2.28. The summed E-state index contributed by atoms with van der Waals surface area (Å²) in [4.78, 5) is 0. The fraction of sp³-hybridized carbons (Fsp3) is 0.867. The lowest BCUT2D eigenvalue weighted by atomic mass is 9.98. The molecule has 3 rings (SSSR count). The Morgan fingerprint density at radius 2 is 2.20 bits per heavy atom. The third-order valence-electron chi connectivity index (χ3n) is 4.61. The SMILES string of the molecule is CC(CC1CCCCN1)NC(C)c1nnc2n1CCC2. The van der Waals surface area contributed by atoms with Gasteiger partial charge < -0.3 is 15.2 Å². The van der Waals surface area contributed by atoms with Crippen LogP contribution in [0.2, 0.25) is 0 Å². The highest BCUT2D eigenvalue weighted by Gasteiger charge is 2.23. The zero-order valence-corrected chi connectivity index (χ0v) is 12.7. The Balaban J connectivity index is 1.53. The number of aryl methyl sites for hydroxylation is 1. The van der Waals surface area contributed by atoms with Gasteiger partial charge in [0, 0.05) is 25.0 Å². The predicted octanol–water partition coefficient (Wildman–Crippen LogP) is 1.80. The lowest BCUT2D eigenvalue weighted by molar-refractivity contribution is 0.329. The number of piperidine rings is 1. The molecule has 0 amide bonds. The second kappa shape index (κ2) is 6.22. The molecule has 0 spiro atoms. The highest BCUT2D eigenvalue weighted by atomic mass is 15.3. The van der Waals surface area contributed by atoms with Crippen molar-refractivity contribution in [1.29, 1.82) is 0 Å². The van der Waals surface area contributed by atoms with Crippen molar-refractivity contribution >= 4 is 0 Å². The van der Waals surface area contributed by atoms with Crippen molar-refractivity contribution in [2.75, 3.05) is 6.54 Å². The van der Waals surface area contributed by atoms with Crippen LogP contribution in [0.25, 0.3) is 0 Å². The summed E-state index contributed by atoms with van der Waals surface area (Å²) in [5.41, 5.74) is 0. The normalized spacial score (nSPS) is 25.4. The number of rotatable bonds is 5. The van der Waals surface area contributed by atoms with Gasteiger partial charge in [0.2, 0.25) is 0 Å². The summed E-state index contributed by atoms with van der Waals surface area (Å²) in [6.07, 6.45) is 7.53. The highest BCUT2D eigenvalue weighted by Crippen LogP contribution is 2.20. The second-order valence-electron chi connectivity index (χ2n) is 6.40. The Morgan fingerprint density at radius 1 is 1.30 bits per heavy atom. The predicted molar refractivity (Wildman–Crippen MR) is 79.6 cm³/mol. The Bertz CT molecular complexity index is 435. The van der Waals surface area contributed by atoms with Gasteiger partial charge in [-0.25, -0.2) is 0 Å². The molecule has 3 heterocycles. The van der Waals surface area contributed by atoms with Crippen LogP contribution in [0.4, 0.5) is 0 Å². The average Bonchev–Trinajstić information content (AvgIpc) is 3.01. The number of aromatic nitrogens is 3. The zero-order chi connectivity index (χ0) is 13.9. The Morgan fingerprint density at radius 3 is 3.00 bits per heavy atom. The van der Waals surface area contributed by atoms with Crippen LogP contribution >= 0.6 is 0 Å². The van der Waals surface area contributed by atoms with Crippen LogP contribution in [0.15, 0.2) is 0 Å². The van der Waals surface area contributed by atoms with E-state index in [2.05, 4.69) is 39.2 Å². The summed E-state index contributed by atoms with van der Waals surface area (Å²) in [7, 11) is 0. The van der Waals surface area contributed by atoms with Gasteiger partial charge in [-0.15, -0.1) is 10.2 Å². The molecule has 5 nitrogen and oxygen atoms in total. The topological polar surface area (TPSA) is 54.8 Å². The minimum absolute atomic E-state index is 0.285. The van der Waals surface area contributed by atoms with Crippen molar-refractivity contribution in [3.8, 4) is 0 Å². The third-order valence-corrected chi connectivity index (χ3v) is 4.61. The van der Waals surface area contributed by atoms with Gasteiger partial charge in [-0.1, -0.05) is 6.42 Å². The van der Waals surface area contributed by atoms with E-state index in [1.165, 1.54) is 38.6 Å². The molecule has 2 N–H and O–H groups in total. The molecule has 2 aliphatic heterocycles.